The fourth-order valence-corrected chi connectivity index (χ4v) is 4.48. The SMILES string of the molecule is COC(=O)CCCS(=O)(=O)NC1CCCC(SC)C1. The molecule has 0 aromatic heterocycles. The van der Waals surface area contributed by atoms with Gasteiger partial charge in [-0.1, -0.05) is 6.42 Å². The van der Waals surface area contributed by atoms with E-state index >= 15 is 0 Å². The topological polar surface area (TPSA) is 72.5 Å². The number of nitrogens with one attached hydrogen (secondary N) is 1. The third-order valence-electron chi connectivity index (χ3n) is 3.33. The summed E-state index contributed by atoms with van der Waals surface area (Å²) < 4.78 is 31.0. The summed E-state index contributed by atoms with van der Waals surface area (Å²) in [4.78, 5) is 10.9. The van der Waals surface area contributed by atoms with Crippen molar-refractivity contribution in [2.24, 2.45) is 0 Å². The number of esters is 1. The highest BCUT2D eigenvalue weighted by atomic mass is 32.2. The molecule has 1 N–H and O–H groups in total. The molecule has 0 aromatic rings. The Morgan fingerprint density at radius 2 is 2.16 bits per heavy atom. The first-order valence-corrected chi connectivity index (χ1v) is 9.50. The summed E-state index contributed by atoms with van der Waals surface area (Å²) in [7, 11) is -1.98. The number of thioether (sulfide) groups is 1. The molecule has 0 amide bonds. The lowest BCUT2D eigenvalue weighted by Crippen LogP contribution is -2.40. The molecule has 1 aliphatic rings. The van der Waals surface area contributed by atoms with Gasteiger partial charge in [0.05, 0.1) is 12.9 Å². The Bertz CT molecular complexity index is 383. The second-order valence-electron chi connectivity index (χ2n) is 4.84. The summed E-state index contributed by atoms with van der Waals surface area (Å²) in [5.74, 6) is -0.377. The Kier molecular flexibility index (Phi) is 7.17. The normalized spacial score (nSPS) is 24.1. The van der Waals surface area contributed by atoms with Crippen molar-refractivity contribution >= 4 is 27.8 Å². The van der Waals surface area contributed by atoms with Gasteiger partial charge in [-0.15, -0.1) is 0 Å². The minimum absolute atomic E-state index is 0.0114. The Balaban J connectivity index is 2.35. The van der Waals surface area contributed by atoms with Crippen LogP contribution in [0, 0.1) is 0 Å². The molecule has 0 heterocycles. The van der Waals surface area contributed by atoms with Gasteiger partial charge in [0.15, 0.2) is 0 Å². The van der Waals surface area contributed by atoms with Crippen molar-refractivity contribution in [1.29, 1.82) is 0 Å². The van der Waals surface area contributed by atoms with Crippen LogP contribution in [0.5, 0.6) is 0 Å². The zero-order valence-electron chi connectivity index (χ0n) is 11.6. The van der Waals surface area contributed by atoms with Crippen molar-refractivity contribution < 1.29 is 17.9 Å². The van der Waals surface area contributed by atoms with Crippen LogP contribution in [0.1, 0.15) is 38.5 Å². The van der Waals surface area contributed by atoms with Crippen LogP contribution >= 0.6 is 11.8 Å². The van der Waals surface area contributed by atoms with E-state index in [4.69, 9.17) is 0 Å². The maximum Gasteiger partial charge on any atom is 0.305 e. The van der Waals surface area contributed by atoms with Gasteiger partial charge in [-0.3, -0.25) is 4.79 Å². The second-order valence-corrected chi connectivity index (χ2v) is 7.85. The van der Waals surface area contributed by atoms with E-state index < -0.39 is 10.0 Å². The Hall–Kier alpha value is -0.270. The van der Waals surface area contributed by atoms with Crippen molar-refractivity contribution in [3.63, 3.8) is 0 Å². The highest BCUT2D eigenvalue weighted by molar-refractivity contribution is 7.99. The van der Waals surface area contributed by atoms with Gasteiger partial charge in [-0.25, -0.2) is 13.1 Å². The molecule has 1 aliphatic carbocycles. The van der Waals surface area contributed by atoms with Crippen LogP contribution in [0.25, 0.3) is 0 Å². The fraction of sp³-hybridized carbons (Fsp3) is 0.917. The minimum Gasteiger partial charge on any atom is -0.469 e. The molecule has 2 atom stereocenters. The summed E-state index contributed by atoms with van der Waals surface area (Å²) in [5.41, 5.74) is 0. The summed E-state index contributed by atoms with van der Waals surface area (Å²) >= 11 is 1.80. The zero-order valence-corrected chi connectivity index (χ0v) is 13.2. The quantitative estimate of drug-likeness (QED) is 0.722. The van der Waals surface area contributed by atoms with E-state index in [0.29, 0.717) is 11.7 Å². The first-order valence-electron chi connectivity index (χ1n) is 6.56. The first kappa shape index (κ1) is 16.8. The third-order valence-corrected chi connectivity index (χ3v) is 5.94. The largest absolute Gasteiger partial charge is 0.469 e. The summed E-state index contributed by atoms with van der Waals surface area (Å²) in [5, 5.41) is 0.552. The molecule has 0 saturated heterocycles. The van der Waals surface area contributed by atoms with Gasteiger partial charge in [0, 0.05) is 17.7 Å². The molecular weight excluding hydrogens is 286 g/mol. The van der Waals surface area contributed by atoms with Crippen molar-refractivity contribution in [2.45, 2.75) is 49.8 Å². The molecule has 0 radical (unpaired) electrons. The number of hydrogen-bond acceptors (Lipinski definition) is 5. The monoisotopic (exact) mass is 309 g/mol. The van der Waals surface area contributed by atoms with Crippen LogP contribution < -0.4 is 4.72 Å². The first-order chi connectivity index (χ1) is 8.96. The molecule has 1 fully saturated rings. The Morgan fingerprint density at radius 1 is 1.42 bits per heavy atom. The Morgan fingerprint density at radius 3 is 2.79 bits per heavy atom. The lowest BCUT2D eigenvalue weighted by molar-refractivity contribution is -0.140. The molecule has 1 saturated carbocycles. The number of methoxy groups -OCH3 is 1. The summed E-state index contributed by atoms with van der Waals surface area (Å²) in [6, 6.07) is 0.0503. The van der Waals surface area contributed by atoms with Crippen LogP contribution in [-0.4, -0.2) is 44.8 Å². The fourth-order valence-electron chi connectivity index (χ4n) is 2.29. The van der Waals surface area contributed by atoms with E-state index in [1.54, 1.807) is 11.8 Å². The minimum atomic E-state index is -3.28. The van der Waals surface area contributed by atoms with Crippen molar-refractivity contribution in [3.05, 3.63) is 0 Å². The van der Waals surface area contributed by atoms with Crippen molar-refractivity contribution in [2.75, 3.05) is 19.1 Å². The van der Waals surface area contributed by atoms with E-state index in [0.717, 1.165) is 19.3 Å². The van der Waals surface area contributed by atoms with Gasteiger partial charge in [0.25, 0.3) is 0 Å². The van der Waals surface area contributed by atoms with E-state index in [2.05, 4.69) is 15.7 Å². The molecule has 7 heteroatoms. The maximum atomic E-state index is 11.9. The smallest absolute Gasteiger partial charge is 0.305 e. The van der Waals surface area contributed by atoms with Crippen LogP contribution in [-0.2, 0) is 19.6 Å². The molecule has 1 rings (SSSR count). The molecule has 0 aromatic carbocycles. The van der Waals surface area contributed by atoms with Crippen LogP contribution in [0.2, 0.25) is 0 Å². The molecular formula is C12H23NO4S2. The second kappa shape index (κ2) is 8.11. The predicted octanol–water partition coefficient (Wildman–Crippen LogP) is 1.53. The van der Waals surface area contributed by atoms with E-state index in [1.165, 1.54) is 13.5 Å². The molecule has 0 aliphatic heterocycles. The highest BCUT2D eigenvalue weighted by Crippen LogP contribution is 2.27. The molecule has 2 unspecified atom stereocenters. The molecule has 5 nitrogen and oxygen atoms in total. The number of rotatable bonds is 7. The average Bonchev–Trinajstić information content (AvgIpc) is 2.37. The summed E-state index contributed by atoms with van der Waals surface area (Å²) in [6.45, 7) is 0. The molecule has 19 heavy (non-hydrogen) atoms. The van der Waals surface area contributed by atoms with Gasteiger partial charge in [-0.05, 0) is 31.9 Å². The van der Waals surface area contributed by atoms with Gasteiger partial charge < -0.3 is 4.74 Å². The van der Waals surface area contributed by atoms with Crippen LogP contribution in [0.3, 0.4) is 0 Å². The van der Waals surface area contributed by atoms with E-state index in [1.807, 2.05) is 0 Å². The molecule has 0 spiro atoms. The van der Waals surface area contributed by atoms with Crippen molar-refractivity contribution in [3.8, 4) is 0 Å². The van der Waals surface area contributed by atoms with Gasteiger partial charge in [0.1, 0.15) is 0 Å². The number of hydrogen-bond donors (Lipinski definition) is 1. The van der Waals surface area contributed by atoms with E-state index in [-0.39, 0.29) is 24.2 Å². The van der Waals surface area contributed by atoms with Crippen LogP contribution in [0.15, 0.2) is 0 Å². The standard InChI is InChI=1S/C12H23NO4S2/c1-17-12(14)7-4-8-19(15,16)13-10-5-3-6-11(9-10)18-2/h10-11,13H,3-9H2,1-2H3. The van der Waals surface area contributed by atoms with E-state index in [9.17, 15) is 13.2 Å². The lowest BCUT2D eigenvalue weighted by Gasteiger charge is -2.28. The molecule has 112 valence electrons. The number of ether oxygens (including phenoxy) is 1. The summed E-state index contributed by atoms with van der Waals surface area (Å²) in [6.07, 6.45) is 6.57. The number of carbonyl (C=O) groups is 1. The number of carbonyl (C=O) groups excluding carboxylic acids is 1. The molecule has 0 bridgehead atoms. The predicted molar refractivity (Wildman–Crippen MR) is 77.7 cm³/mol. The third kappa shape index (κ3) is 6.63. The van der Waals surface area contributed by atoms with Gasteiger partial charge in [-0.2, -0.15) is 11.8 Å². The van der Waals surface area contributed by atoms with Gasteiger partial charge >= 0.3 is 5.97 Å². The number of sulfonamides is 1. The van der Waals surface area contributed by atoms with Gasteiger partial charge in [0.2, 0.25) is 10.0 Å². The van der Waals surface area contributed by atoms with Crippen LogP contribution in [0.4, 0.5) is 0 Å². The average molecular weight is 309 g/mol. The zero-order chi connectivity index (χ0) is 14.3. The Labute approximate surface area is 119 Å². The maximum absolute atomic E-state index is 11.9. The lowest BCUT2D eigenvalue weighted by atomic mass is 9.96. The van der Waals surface area contributed by atoms with Crippen molar-refractivity contribution in [1.82, 2.24) is 4.72 Å². The highest BCUT2D eigenvalue weighted by Gasteiger charge is 2.25.